The van der Waals surface area contributed by atoms with Gasteiger partial charge in [-0.2, -0.15) is 18.3 Å². The summed E-state index contributed by atoms with van der Waals surface area (Å²) < 4.78 is 42.2. The molecule has 0 fully saturated rings. The Bertz CT molecular complexity index is 1080. The Labute approximate surface area is 176 Å². The van der Waals surface area contributed by atoms with Crippen molar-refractivity contribution in [3.8, 4) is 0 Å². The number of carbonyl (C=O) groups excluding carboxylic acids is 1. The molecule has 11 heteroatoms. The van der Waals surface area contributed by atoms with E-state index in [4.69, 9.17) is 0 Å². The number of aliphatic hydroxyl groups excluding tert-OH is 1. The van der Waals surface area contributed by atoms with Gasteiger partial charge in [-0.25, -0.2) is 9.67 Å². The third kappa shape index (κ3) is 5.12. The molecule has 2 aromatic heterocycles. The summed E-state index contributed by atoms with van der Waals surface area (Å²) in [6, 6.07) is 9.13. The molecule has 1 aromatic carbocycles. The van der Waals surface area contributed by atoms with Crippen molar-refractivity contribution >= 4 is 28.9 Å². The highest BCUT2D eigenvalue weighted by Crippen LogP contribution is 2.37. The molecule has 2 heterocycles. The van der Waals surface area contributed by atoms with Crippen LogP contribution in [0, 0.1) is 6.92 Å². The SMILES string of the molecule is CNC(=O)c1ccccc1Nc1cc(Nc2cc(C)nn2CCO)ncc1C(F)(F)F. The summed E-state index contributed by atoms with van der Waals surface area (Å²) in [5, 5.41) is 21.5. The second-order valence-corrected chi connectivity index (χ2v) is 6.61. The van der Waals surface area contributed by atoms with Gasteiger partial charge in [0.05, 0.1) is 41.3 Å². The maximum atomic E-state index is 13.6. The van der Waals surface area contributed by atoms with E-state index >= 15 is 0 Å². The van der Waals surface area contributed by atoms with E-state index < -0.39 is 17.6 Å². The number of hydrogen-bond donors (Lipinski definition) is 4. The minimum Gasteiger partial charge on any atom is -0.394 e. The smallest absolute Gasteiger partial charge is 0.394 e. The van der Waals surface area contributed by atoms with Crippen molar-refractivity contribution in [1.29, 1.82) is 0 Å². The van der Waals surface area contributed by atoms with Crippen LogP contribution in [0.2, 0.25) is 0 Å². The van der Waals surface area contributed by atoms with Gasteiger partial charge in [-0.15, -0.1) is 0 Å². The van der Waals surface area contributed by atoms with Gasteiger partial charge in [0, 0.05) is 25.4 Å². The van der Waals surface area contributed by atoms with Crippen molar-refractivity contribution in [2.24, 2.45) is 0 Å². The minimum atomic E-state index is -4.66. The fourth-order valence-electron chi connectivity index (χ4n) is 2.97. The highest BCUT2D eigenvalue weighted by molar-refractivity contribution is 6.00. The highest BCUT2D eigenvalue weighted by Gasteiger charge is 2.34. The normalized spacial score (nSPS) is 11.3. The largest absolute Gasteiger partial charge is 0.419 e. The van der Waals surface area contributed by atoms with Crippen LogP contribution in [-0.2, 0) is 12.7 Å². The molecule has 4 N–H and O–H groups in total. The lowest BCUT2D eigenvalue weighted by Gasteiger charge is -2.17. The number of aliphatic hydroxyl groups is 1. The van der Waals surface area contributed by atoms with Gasteiger partial charge in [0.2, 0.25) is 0 Å². The zero-order valence-corrected chi connectivity index (χ0v) is 16.8. The van der Waals surface area contributed by atoms with E-state index in [1.54, 1.807) is 25.1 Å². The molecule has 0 saturated heterocycles. The first kappa shape index (κ1) is 22.1. The van der Waals surface area contributed by atoms with Crippen LogP contribution >= 0.6 is 0 Å². The second kappa shape index (κ2) is 9.04. The Kier molecular flexibility index (Phi) is 6.44. The molecule has 164 valence electrons. The van der Waals surface area contributed by atoms with Crippen molar-refractivity contribution < 1.29 is 23.1 Å². The predicted octanol–water partition coefficient (Wildman–Crippen LogP) is 3.44. The lowest BCUT2D eigenvalue weighted by atomic mass is 10.1. The first-order valence-electron chi connectivity index (χ1n) is 9.30. The second-order valence-electron chi connectivity index (χ2n) is 6.61. The average molecular weight is 434 g/mol. The third-order valence-electron chi connectivity index (χ3n) is 4.35. The zero-order valence-electron chi connectivity index (χ0n) is 16.8. The fourth-order valence-corrected chi connectivity index (χ4v) is 2.97. The number of amides is 1. The van der Waals surface area contributed by atoms with Crippen LogP contribution in [-0.4, -0.2) is 39.4 Å². The van der Waals surface area contributed by atoms with Crippen LogP contribution in [0.15, 0.2) is 42.6 Å². The Morgan fingerprint density at radius 2 is 1.90 bits per heavy atom. The molecule has 8 nitrogen and oxygen atoms in total. The molecule has 0 aliphatic carbocycles. The van der Waals surface area contributed by atoms with E-state index in [1.165, 1.54) is 29.9 Å². The number of rotatable bonds is 7. The first-order valence-corrected chi connectivity index (χ1v) is 9.30. The van der Waals surface area contributed by atoms with Crippen molar-refractivity contribution in [2.45, 2.75) is 19.6 Å². The first-order chi connectivity index (χ1) is 14.7. The highest BCUT2D eigenvalue weighted by atomic mass is 19.4. The number of aromatic nitrogens is 3. The number of anilines is 4. The molecule has 3 rings (SSSR count). The molecular formula is C20H21F3N6O2. The molecule has 1 amide bonds. The number of halogens is 3. The number of nitrogens with zero attached hydrogens (tertiary/aromatic N) is 3. The van der Waals surface area contributed by atoms with Crippen molar-refractivity contribution in [2.75, 3.05) is 24.3 Å². The summed E-state index contributed by atoms with van der Waals surface area (Å²) in [5.74, 6) is 0.162. The minimum absolute atomic E-state index is 0.131. The number of aryl methyl sites for hydroxylation is 1. The van der Waals surface area contributed by atoms with Gasteiger partial charge in [0.15, 0.2) is 0 Å². The number of benzene rings is 1. The molecule has 0 aliphatic heterocycles. The van der Waals surface area contributed by atoms with Gasteiger partial charge in [0.1, 0.15) is 11.6 Å². The molecule has 0 unspecified atom stereocenters. The quantitative estimate of drug-likeness (QED) is 0.454. The molecule has 3 aromatic rings. The van der Waals surface area contributed by atoms with E-state index in [0.717, 1.165) is 0 Å². The molecule has 0 bridgehead atoms. The van der Waals surface area contributed by atoms with Crippen LogP contribution in [0.5, 0.6) is 0 Å². The van der Waals surface area contributed by atoms with Gasteiger partial charge in [-0.3, -0.25) is 4.79 Å². The Morgan fingerprint density at radius 3 is 2.58 bits per heavy atom. The monoisotopic (exact) mass is 434 g/mol. The molecule has 0 aliphatic rings. The summed E-state index contributed by atoms with van der Waals surface area (Å²) in [6.07, 6.45) is -3.95. The predicted molar refractivity (Wildman–Crippen MR) is 110 cm³/mol. The van der Waals surface area contributed by atoms with Crippen molar-refractivity contribution in [3.63, 3.8) is 0 Å². The Balaban J connectivity index is 2.01. The Hall–Kier alpha value is -3.60. The van der Waals surface area contributed by atoms with E-state index in [9.17, 15) is 23.1 Å². The summed E-state index contributed by atoms with van der Waals surface area (Å²) in [5.41, 5.74) is -0.177. The van der Waals surface area contributed by atoms with Gasteiger partial charge >= 0.3 is 6.18 Å². The number of alkyl halides is 3. The lowest BCUT2D eigenvalue weighted by molar-refractivity contribution is -0.137. The summed E-state index contributed by atoms with van der Waals surface area (Å²) in [6.45, 7) is 1.81. The van der Waals surface area contributed by atoms with Crippen molar-refractivity contribution in [3.05, 3.63) is 59.4 Å². The molecular weight excluding hydrogens is 413 g/mol. The average Bonchev–Trinajstić information content (AvgIpc) is 3.06. The third-order valence-corrected chi connectivity index (χ3v) is 4.35. The van der Waals surface area contributed by atoms with Crippen LogP contribution in [0.3, 0.4) is 0 Å². The van der Waals surface area contributed by atoms with Crippen LogP contribution in [0.4, 0.5) is 36.2 Å². The molecule has 0 saturated carbocycles. The number of pyridine rings is 1. The molecule has 31 heavy (non-hydrogen) atoms. The maximum Gasteiger partial charge on any atom is 0.419 e. The van der Waals surface area contributed by atoms with E-state index in [1.807, 2.05) is 0 Å². The van der Waals surface area contributed by atoms with Gasteiger partial charge in [-0.1, -0.05) is 12.1 Å². The summed E-state index contributed by atoms with van der Waals surface area (Å²) >= 11 is 0. The standard InChI is InChI=1S/C20H21F3N6O2/c1-12-9-18(29(28-12)7-8-30)27-17-10-16(14(11-25-17)20(21,22)23)26-15-6-4-3-5-13(15)19(31)24-2/h3-6,9-11,30H,7-8H2,1-2H3,(H,24,31)(H2,25,26,27). The van der Waals surface area contributed by atoms with E-state index in [-0.39, 0.29) is 35.9 Å². The number of carbonyl (C=O) groups is 1. The van der Waals surface area contributed by atoms with Crippen LogP contribution in [0.25, 0.3) is 0 Å². The summed E-state index contributed by atoms with van der Waals surface area (Å²) in [4.78, 5) is 16.0. The van der Waals surface area contributed by atoms with E-state index in [2.05, 4.69) is 26.0 Å². The summed E-state index contributed by atoms with van der Waals surface area (Å²) in [7, 11) is 1.44. The molecule has 0 radical (unpaired) electrons. The zero-order chi connectivity index (χ0) is 22.6. The van der Waals surface area contributed by atoms with Crippen molar-refractivity contribution in [1.82, 2.24) is 20.1 Å². The lowest BCUT2D eigenvalue weighted by Crippen LogP contribution is -2.19. The Morgan fingerprint density at radius 1 is 1.16 bits per heavy atom. The van der Waals surface area contributed by atoms with Gasteiger partial charge in [0.25, 0.3) is 5.91 Å². The molecule has 0 atom stereocenters. The number of para-hydroxylation sites is 1. The van der Waals surface area contributed by atoms with Gasteiger partial charge < -0.3 is 21.1 Å². The van der Waals surface area contributed by atoms with Gasteiger partial charge in [-0.05, 0) is 19.1 Å². The van der Waals surface area contributed by atoms with E-state index in [0.29, 0.717) is 17.7 Å². The van der Waals surface area contributed by atoms with Crippen LogP contribution < -0.4 is 16.0 Å². The van der Waals surface area contributed by atoms with Crippen LogP contribution in [0.1, 0.15) is 21.6 Å². The number of hydrogen-bond acceptors (Lipinski definition) is 6. The fraction of sp³-hybridized carbons (Fsp3) is 0.250. The molecule has 0 spiro atoms. The maximum absolute atomic E-state index is 13.6. The number of nitrogens with one attached hydrogen (secondary N) is 3. The topological polar surface area (TPSA) is 104 Å².